The number of imide groups is 1. The van der Waals surface area contributed by atoms with Crippen molar-refractivity contribution in [3.05, 3.63) is 53.8 Å². The SMILES string of the molecule is COc1ccc(N2C(=O)CCC2=O)cc1S(=O)(=O)NCCc1ccc(F)cc1. The Bertz CT molecular complexity index is 989. The summed E-state index contributed by atoms with van der Waals surface area (Å²) in [5.74, 6) is -1.01. The summed E-state index contributed by atoms with van der Waals surface area (Å²) in [4.78, 5) is 24.7. The number of benzene rings is 2. The van der Waals surface area contributed by atoms with E-state index in [0.717, 1.165) is 10.5 Å². The van der Waals surface area contributed by atoms with Gasteiger partial charge in [-0.2, -0.15) is 0 Å². The summed E-state index contributed by atoms with van der Waals surface area (Å²) in [6.45, 7) is 0.0862. The molecule has 1 saturated heterocycles. The molecular formula is C19H19FN2O5S. The Balaban J connectivity index is 1.81. The highest BCUT2D eigenvalue weighted by Crippen LogP contribution is 2.31. The number of halogens is 1. The molecule has 1 fully saturated rings. The van der Waals surface area contributed by atoms with Crippen molar-refractivity contribution in [2.24, 2.45) is 0 Å². The molecular weight excluding hydrogens is 387 g/mol. The Labute approximate surface area is 162 Å². The third-order valence-electron chi connectivity index (χ3n) is 4.37. The lowest BCUT2D eigenvalue weighted by Gasteiger charge is -2.17. The molecule has 0 spiro atoms. The van der Waals surface area contributed by atoms with Crippen molar-refractivity contribution in [2.75, 3.05) is 18.6 Å². The summed E-state index contributed by atoms with van der Waals surface area (Å²) in [6, 6.07) is 9.89. The molecule has 0 saturated carbocycles. The molecule has 148 valence electrons. The number of carbonyl (C=O) groups is 2. The second kappa shape index (κ2) is 8.07. The number of rotatable bonds is 7. The van der Waals surface area contributed by atoms with Gasteiger partial charge in [-0.05, 0) is 42.3 Å². The number of amides is 2. The van der Waals surface area contributed by atoms with Crippen LogP contribution in [0.4, 0.5) is 10.1 Å². The van der Waals surface area contributed by atoms with Crippen molar-refractivity contribution in [2.45, 2.75) is 24.2 Å². The lowest BCUT2D eigenvalue weighted by atomic mass is 10.1. The highest BCUT2D eigenvalue weighted by atomic mass is 32.2. The van der Waals surface area contributed by atoms with Crippen molar-refractivity contribution in [1.82, 2.24) is 4.72 Å². The Morgan fingerprint density at radius 1 is 1.07 bits per heavy atom. The highest BCUT2D eigenvalue weighted by Gasteiger charge is 2.32. The first-order valence-corrected chi connectivity index (χ1v) is 10.1. The monoisotopic (exact) mass is 406 g/mol. The van der Waals surface area contributed by atoms with Crippen LogP contribution in [0, 0.1) is 5.82 Å². The molecule has 1 heterocycles. The molecule has 2 amide bonds. The van der Waals surface area contributed by atoms with E-state index in [1.807, 2.05) is 0 Å². The van der Waals surface area contributed by atoms with Crippen LogP contribution in [0.15, 0.2) is 47.4 Å². The van der Waals surface area contributed by atoms with Crippen LogP contribution in [-0.4, -0.2) is 33.9 Å². The Hall–Kier alpha value is -2.78. The number of methoxy groups -OCH3 is 1. The van der Waals surface area contributed by atoms with Crippen LogP contribution in [-0.2, 0) is 26.0 Å². The average molecular weight is 406 g/mol. The van der Waals surface area contributed by atoms with Gasteiger partial charge in [-0.25, -0.2) is 17.5 Å². The lowest BCUT2D eigenvalue weighted by molar-refractivity contribution is -0.121. The number of carbonyl (C=O) groups excluding carboxylic acids is 2. The van der Waals surface area contributed by atoms with Gasteiger partial charge in [-0.1, -0.05) is 12.1 Å². The summed E-state index contributed by atoms with van der Waals surface area (Å²) in [5, 5.41) is 0. The normalized spacial score (nSPS) is 14.6. The zero-order valence-electron chi connectivity index (χ0n) is 15.1. The molecule has 0 bridgehead atoms. The molecule has 1 aliphatic heterocycles. The standard InChI is InChI=1S/C19H19FN2O5S/c1-27-16-7-6-15(22-18(23)8-9-19(22)24)12-17(16)28(25,26)21-11-10-13-2-4-14(20)5-3-13/h2-7,12,21H,8-11H2,1H3. The second-order valence-electron chi connectivity index (χ2n) is 6.23. The molecule has 2 aromatic carbocycles. The Kier molecular flexibility index (Phi) is 5.76. The zero-order chi connectivity index (χ0) is 20.3. The number of hydrogen-bond acceptors (Lipinski definition) is 5. The highest BCUT2D eigenvalue weighted by molar-refractivity contribution is 7.89. The van der Waals surface area contributed by atoms with Gasteiger partial charge in [-0.15, -0.1) is 0 Å². The molecule has 3 rings (SSSR count). The minimum atomic E-state index is -3.97. The number of sulfonamides is 1. The van der Waals surface area contributed by atoms with Crippen molar-refractivity contribution in [3.63, 3.8) is 0 Å². The molecule has 9 heteroatoms. The van der Waals surface area contributed by atoms with Crippen molar-refractivity contribution in [3.8, 4) is 5.75 Å². The zero-order valence-corrected chi connectivity index (χ0v) is 16.0. The van der Waals surface area contributed by atoms with Gasteiger partial charge < -0.3 is 4.74 Å². The maximum atomic E-state index is 12.9. The number of nitrogens with one attached hydrogen (secondary N) is 1. The topological polar surface area (TPSA) is 92.8 Å². The minimum Gasteiger partial charge on any atom is -0.495 e. The van der Waals surface area contributed by atoms with E-state index in [2.05, 4.69) is 4.72 Å². The van der Waals surface area contributed by atoms with Gasteiger partial charge in [-0.3, -0.25) is 14.5 Å². The van der Waals surface area contributed by atoms with Crippen LogP contribution >= 0.6 is 0 Å². The minimum absolute atomic E-state index is 0.0862. The summed E-state index contributed by atoms with van der Waals surface area (Å²) in [6.07, 6.45) is 0.566. The van der Waals surface area contributed by atoms with Crippen LogP contribution in [0.1, 0.15) is 18.4 Å². The van der Waals surface area contributed by atoms with Crippen LogP contribution in [0.3, 0.4) is 0 Å². The van der Waals surface area contributed by atoms with Crippen LogP contribution in [0.5, 0.6) is 5.75 Å². The molecule has 0 atom stereocenters. The molecule has 1 N–H and O–H groups in total. The quantitative estimate of drug-likeness (QED) is 0.710. The van der Waals surface area contributed by atoms with Crippen LogP contribution < -0.4 is 14.4 Å². The van der Waals surface area contributed by atoms with Crippen LogP contribution in [0.25, 0.3) is 0 Å². The summed E-state index contributed by atoms with van der Waals surface area (Å²) in [5.41, 5.74) is 0.963. The van der Waals surface area contributed by atoms with E-state index in [1.54, 1.807) is 12.1 Å². The van der Waals surface area contributed by atoms with Gasteiger partial charge in [0, 0.05) is 19.4 Å². The number of nitrogens with zero attached hydrogens (tertiary/aromatic N) is 1. The van der Waals surface area contributed by atoms with Crippen molar-refractivity contribution >= 4 is 27.5 Å². The molecule has 0 aromatic heterocycles. The number of anilines is 1. The molecule has 1 aliphatic rings. The molecule has 0 aliphatic carbocycles. The maximum absolute atomic E-state index is 12.9. The van der Waals surface area contributed by atoms with E-state index in [1.165, 1.54) is 37.4 Å². The summed E-state index contributed by atoms with van der Waals surface area (Å²) in [7, 11) is -2.63. The van der Waals surface area contributed by atoms with Gasteiger partial charge in [0.25, 0.3) is 0 Å². The molecule has 0 radical (unpaired) electrons. The van der Waals surface area contributed by atoms with Gasteiger partial charge in [0.05, 0.1) is 12.8 Å². The third kappa shape index (κ3) is 4.20. The van der Waals surface area contributed by atoms with Gasteiger partial charge in [0.2, 0.25) is 21.8 Å². The van der Waals surface area contributed by atoms with E-state index in [4.69, 9.17) is 4.74 Å². The number of hydrogen-bond donors (Lipinski definition) is 1. The predicted molar refractivity (Wildman–Crippen MR) is 100 cm³/mol. The maximum Gasteiger partial charge on any atom is 0.244 e. The molecule has 0 unspecified atom stereocenters. The van der Waals surface area contributed by atoms with E-state index in [-0.39, 0.29) is 53.4 Å². The fourth-order valence-electron chi connectivity index (χ4n) is 2.94. The third-order valence-corrected chi connectivity index (χ3v) is 5.85. The fourth-order valence-corrected chi connectivity index (χ4v) is 4.16. The lowest BCUT2D eigenvalue weighted by Crippen LogP contribution is -2.30. The van der Waals surface area contributed by atoms with Gasteiger partial charge >= 0.3 is 0 Å². The summed E-state index contributed by atoms with van der Waals surface area (Å²) < 4.78 is 46.0. The number of ether oxygens (including phenoxy) is 1. The largest absolute Gasteiger partial charge is 0.495 e. The second-order valence-corrected chi connectivity index (χ2v) is 7.97. The Morgan fingerprint density at radius 2 is 1.71 bits per heavy atom. The average Bonchev–Trinajstić information content (AvgIpc) is 3.01. The molecule has 2 aromatic rings. The first-order valence-electron chi connectivity index (χ1n) is 8.60. The first-order chi connectivity index (χ1) is 13.3. The van der Waals surface area contributed by atoms with E-state index in [0.29, 0.717) is 6.42 Å². The fraction of sp³-hybridized carbons (Fsp3) is 0.263. The van der Waals surface area contributed by atoms with Crippen LogP contribution in [0.2, 0.25) is 0 Å². The van der Waals surface area contributed by atoms with E-state index < -0.39 is 10.0 Å². The van der Waals surface area contributed by atoms with Gasteiger partial charge in [0.15, 0.2) is 0 Å². The van der Waals surface area contributed by atoms with Gasteiger partial charge in [0.1, 0.15) is 16.5 Å². The molecule has 28 heavy (non-hydrogen) atoms. The van der Waals surface area contributed by atoms with Crippen molar-refractivity contribution < 1.29 is 27.1 Å². The predicted octanol–water partition coefficient (Wildman–Crippen LogP) is 2.01. The molecule has 7 nitrogen and oxygen atoms in total. The van der Waals surface area contributed by atoms with E-state index >= 15 is 0 Å². The summed E-state index contributed by atoms with van der Waals surface area (Å²) >= 11 is 0. The smallest absolute Gasteiger partial charge is 0.244 e. The Morgan fingerprint density at radius 3 is 2.32 bits per heavy atom. The first kappa shape index (κ1) is 20.0. The van der Waals surface area contributed by atoms with E-state index in [9.17, 15) is 22.4 Å². The van der Waals surface area contributed by atoms with Crippen molar-refractivity contribution in [1.29, 1.82) is 0 Å².